The molecule has 0 radical (unpaired) electrons. The SMILES string of the molecule is COc1ccc(-c2cc(C(=O)Nc3c(C(N)=O)sc4nc(C(F)(F)F)cc(C)c34)[nH]n2)cc1. The van der Waals surface area contributed by atoms with E-state index in [1.807, 2.05) is 0 Å². The number of hydrogen-bond donors (Lipinski definition) is 3. The Hall–Kier alpha value is -3.93. The zero-order chi connectivity index (χ0) is 23.9. The minimum atomic E-state index is -4.66. The second kappa shape index (κ2) is 8.20. The van der Waals surface area contributed by atoms with Crippen LogP contribution in [0.15, 0.2) is 36.4 Å². The first kappa shape index (κ1) is 22.3. The van der Waals surface area contributed by atoms with E-state index < -0.39 is 23.7 Å². The summed E-state index contributed by atoms with van der Waals surface area (Å²) < 4.78 is 44.5. The van der Waals surface area contributed by atoms with Crippen LogP contribution in [0.5, 0.6) is 5.75 Å². The number of benzene rings is 1. The Kier molecular flexibility index (Phi) is 5.54. The molecule has 3 heterocycles. The number of ether oxygens (including phenoxy) is 1. The highest BCUT2D eigenvalue weighted by atomic mass is 32.1. The molecule has 0 atom stereocenters. The number of aromatic amines is 1. The number of hydrogen-bond acceptors (Lipinski definition) is 6. The summed E-state index contributed by atoms with van der Waals surface area (Å²) in [5.41, 5.74) is 5.80. The Morgan fingerprint density at radius 1 is 1.18 bits per heavy atom. The predicted octanol–water partition coefficient (Wildman–Crippen LogP) is 4.37. The number of alkyl halides is 3. The standard InChI is InChI=1S/C21H16F3N5O3S/c1-9-7-14(21(22,23)24)26-20-15(9)16(17(33-20)18(25)30)27-19(31)13-8-12(28-29-13)10-3-5-11(32-2)6-4-10/h3-8H,1-2H3,(H2,25,30)(H,27,31)(H,28,29). The number of pyridine rings is 1. The van der Waals surface area contributed by atoms with Gasteiger partial charge in [0.1, 0.15) is 26.8 Å². The van der Waals surface area contributed by atoms with Gasteiger partial charge in [-0.2, -0.15) is 18.3 Å². The van der Waals surface area contributed by atoms with Crippen LogP contribution in [0.1, 0.15) is 31.4 Å². The lowest BCUT2D eigenvalue weighted by Gasteiger charge is -2.09. The van der Waals surface area contributed by atoms with E-state index in [-0.39, 0.29) is 32.0 Å². The van der Waals surface area contributed by atoms with E-state index in [0.717, 1.165) is 11.6 Å². The third-order valence-electron chi connectivity index (χ3n) is 4.82. The molecule has 0 spiro atoms. The zero-order valence-electron chi connectivity index (χ0n) is 17.2. The van der Waals surface area contributed by atoms with Gasteiger partial charge < -0.3 is 15.8 Å². The van der Waals surface area contributed by atoms with Crippen molar-refractivity contribution in [2.45, 2.75) is 13.1 Å². The molecule has 33 heavy (non-hydrogen) atoms. The molecule has 170 valence electrons. The van der Waals surface area contributed by atoms with Crippen LogP contribution in [-0.2, 0) is 6.18 Å². The van der Waals surface area contributed by atoms with Gasteiger partial charge in [-0.25, -0.2) is 4.98 Å². The van der Waals surface area contributed by atoms with Crippen molar-refractivity contribution in [3.63, 3.8) is 0 Å². The van der Waals surface area contributed by atoms with E-state index >= 15 is 0 Å². The highest BCUT2D eigenvalue weighted by Crippen LogP contribution is 2.40. The summed E-state index contributed by atoms with van der Waals surface area (Å²) in [6.07, 6.45) is -4.66. The first-order valence-electron chi connectivity index (χ1n) is 9.40. The lowest BCUT2D eigenvalue weighted by atomic mass is 10.1. The molecule has 0 aliphatic heterocycles. The van der Waals surface area contributed by atoms with Crippen LogP contribution in [0, 0.1) is 6.92 Å². The third-order valence-corrected chi connectivity index (χ3v) is 5.92. The topological polar surface area (TPSA) is 123 Å². The number of fused-ring (bicyclic) bond motifs is 1. The number of rotatable bonds is 5. The molecule has 0 aliphatic rings. The van der Waals surface area contributed by atoms with Crippen molar-refractivity contribution in [3.8, 4) is 17.0 Å². The van der Waals surface area contributed by atoms with Crippen molar-refractivity contribution in [1.29, 1.82) is 0 Å². The number of methoxy groups -OCH3 is 1. The van der Waals surface area contributed by atoms with Gasteiger partial charge in [-0.1, -0.05) is 0 Å². The van der Waals surface area contributed by atoms with Crippen LogP contribution in [-0.4, -0.2) is 34.1 Å². The largest absolute Gasteiger partial charge is 0.497 e. The number of amides is 2. The van der Waals surface area contributed by atoms with Gasteiger partial charge in [0.2, 0.25) is 0 Å². The quantitative estimate of drug-likeness (QED) is 0.396. The molecule has 0 unspecified atom stereocenters. The van der Waals surface area contributed by atoms with Gasteiger partial charge >= 0.3 is 6.18 Å². The second-order valence-corrected chi connectivity index (χ2v) is 8.02. The van der Waals surface area contributed by atoms with E-state index in [1.165, 1.54) is 13.0 Å². The summed E-state index contributed by atoms with van der Waals surface area (Å²) in [6, 6.07) is 9.37. The monoisotopic (exact) mass is 475 g/mol. The molecular formula is C21H16F3N5O3S. The third kappa shape index (κ3) is 4.24. The number of nitrogens with zero attached hydrogens (tertiary/aromatic N) is 2. The molecule has 0 saturated carbocycles. The number of aryl methyl sites for hydroxylation is 1. The van der Waals surface area contributed by atoms with E-state index in [9.17, 15) is 22.8 Å². The summed E-state index contributed by atoms with van der Waals surface area (Å²) in [4.78, 5) is 28.3. The van der Waals surface area contributed by atoms with Gasteiger partial charge in [0.25, 0.3) is 11.8 Å². The van der Waals surface area contributed by atoms with Crippen molar-refractivity contribution < 1.29 is 27.5 Å². The molecule has 0 fully saturated rings. The molecule has 1 aromatic carbocycles. The maximum absolute atomic E-state index is 13.1. The van der Waals surface area contributed by atoms with E-state index in [0.29, 0.717) is 22.8 Å². The minimum absolute atomic E-state index is 0.00632. The van der Waals surface area contributed by atoms with E-state index in [1.54, 1.807) is 31.4 Å². The Bertz CT molecular complexity index is 1380. The van der Waals surface area contributed by atoms with Crippen LogP contribution in [0.2, 0.25) is 0 Å². The second-order valence-electron chi connectivity index (χ2n) is 7.02. The average Bonchev–Trinajstić information content (AvgIpc) is 3.39. The molecule has 4 rings (SSSR count). The fourth-order valence-electron chi connectivity index (χ4n) is 3.25. The number of carbonyl (C=O) groups excluding carboxylic acids is 2. The summed E-state index contributed by atoms with van der Waals surface area (Å²) >= 11 is 0.681. The fraction of sp³-hybridized carbons (Fsp3) is 0.143. The summed E-state index contributed by atoms with van der Waals surface area (Å²) in [5, 5.41) is 9.51. The van der Waals surface area contributed by atoms with Gasteiger partial charge in [0.15, 0.2) is 0 Å². The molecule has 3 aromatic heterocycles. The van der Waals surface area contributed by atoms with Crippen LogP contribution in [0.3, 0.4) is 0 Å². The number of thiophene rings is 1. The number of H-pyrrole nitrogens is 1. The molecular weight excluding hydrogens is 459 g/mol. The Morgan fingerprint density at radius 3 is 2.48 bits per heavy atom. The summed E-state index contributed by atoms with van der Waals surface area (Å²) in [5.74, 6) is -0.887. The van der Waals surface area contributed by atoms with Gasteiger partial charge in [0, 0.05) is 10.9 Å². The van der Waals surface area contributed by atoms with Crippen molar-refractivity contribution in [2.75, 3.05) is 12.4 Å². The number of nitrogens with two attached hydrogens (primary N) is 1. The Morgan fingerprint density at radius 2 is 1.88 bits per heavy atom. The number of halogens is 3. The van der Waals surface area contributed by atoms with Crippen LogP contribution in [0.4, 0.5) is 18.9 Å². The number of carbonyl (C=O) groups is 2. The van der Waals surface area contributed by atoms with Crippen molar-refractivity contribution in [3.05, 3.63) is 58.2 Å². The highest BCUT2D eigenvalue weighted by molar-refractivity contribution is 7.21. The maximum Gasteiger partial charge on any atom is 0.433 e. The molecule has 4 aromatic rings. The molecule has 2 amide bonds. The van der Waals surface area contributed by atoms with Gasteiger partial charge in [-0.05, 0) is 48.9 Å². The zero-order valence-corrected chi connectivity index (χ0v) is 18.0. The fourth-order valence-corrected chi connectivity index (χ4v) is 4.31. The van der Waals surface area contributed by atoms with Crippen LogP contribution < -0.4 is 15.8 Å². The van der Waals surface area contributed by atoms with Crippen LogP contribution in [0.25, 0.3) is 21.5 Å². The van der Waals surface area contributed by atoms with Gasteiger partial charge in [-0.3, -0.25) is 14.7 Å². The number of nitrogens with one attached hydrogen (secondary N) is 2. The smallest absolute Gasteiger partial charge is 0.433 e. The molecule has 0 bridgehead atoms. The number of anilines is 1. The first-order chi connectivity index (χ1) is 15.6. The lowest BCUT2D eigenvalue weighted by molar-refractivity contribution is -0.141. The Labute approximate surface area is 188 Å². The molecule has 12 heteroatoms. The molecule has 8 nitrogen and oxygen atoms in total. The van der Waals surface area contributed by atoms with Gasteiger partial charge in [0.05, 0.1) is 18.5 Å². The van der Waals surface area contributed by atoms with Crippen molar-refractivity contribution >= 4 is 39.1 Å². The molecule has 0 aliphatic carbocycles. The van der Waals surface area contributed by atoms with Gasteiger partial charge in [-0.15, -0.1) is 11.3 Å². The van der Waals surface area contributed by atoms with E-state index in [2.05, 4.69) is 20.5 Å². The van der Waals surface area contributed by atoms with Crippen molar-refractivity contribution in [1.82, 2.24) is 15.2 Å². The minimum Gasteiger partial charge on any atom is -0.497 e. The first-order valence-corrected chi connectivity index (χ1v) is 10.2. The summed E-state index contributed by atoms with van der Waals surface area (Å²) in [7, 11) is 1.54. The highest BCUT2D eigenvalue weighted by Gasteiger charge is 2.34. The Balaban J connectivity index is 1.70. The normalized spacial score (nSPS) is 11.5. The molecule has 0 saturated heterocycles. The number of primary amides is 1. The van der Waals surface area contributed by atoms with Crippen LogP contribution >= 0.6 is 11.3 Å². The summed E-state index contributed by atoms with van der Waals surface area (Å²) in [6.45, 7) is 1.43. The number of aromatic nitrogens is 3. The average molecular weight is 475 g/mol. The van der Waals surface area contributed by atoms with E-state index in [4.69, 9.17) is 10.5 Å². The van der Waals surface area contributed by atoms with Crippen molar-refractivity contribution in [2.24, 2.45) is 5.73 Å². The maximum atomic E-state index is 13.1. The lowest BCUT2D eigenvalue weighted by Crippen LogP contribution is -2.17. The molecule has 4 N–H and O–H groups in total. The predicted molar refractivity (Wildman–Crippen MR) is 116 cm³/mol.